The molecule has 1 aromatic heterocycles. The molecule has 0 bridgehead atoms. The first kappa shape index (κ1) is 20.6. The van der Waals surface area contributed by atoms with Crippen molar-refractivity contribution in [2.45, 2.75) is 6.54 Å². The number of nitrogens with one attached hydrogen (secondary N) is 1. The molecule has 0 unspecified atom stereocenters. The van der Waals surface area contributed by atoms with Crippen molar-refractivity contribution < 1.29 is 14.3 Å². The molecule has 2 aromatic carbocycles. The van der Waals surface area contributed by atoms with E-state index in [4.69, 9.17) is 4.74 Å². The molecule has 2 heterocycles. The second-order valence-electron chi connectivity index (χ2n) is 7.33. The fourth-order valence-corrected chi connectivity index (χ4v) is 3.51. The number of para-hydroxylation sites is 1. The second-order valence-corrected chi connectivity index (χ2v) is 7.33. The molecule has 1 fully saturated rings. The van der Waals surface area contributed by atoms with E-state index < -0.39 is 0 Å². The van der Waals surface area contributed by atoms with Crippen LogP contribution in [0.3, 0.4) is 0 Å². The zero-order valence-corrected chi connectivity index (χ0v) is 17.4. The predicted molar refractivity (Wildman–Crippen MR) is 116 cm³/mol. The molecule has 160 valence electrons. The normalized spacial score (nSPS) is 14.3. The van der Waals surface area contributed by atoms with Gasteiger partial charge in [-0.05, 0) is 35.9 Å². The highest BCUT2D eigenvalue weighted by Gasteiger charge is 2.23. The summed E-state index contributed by atoms with van der Waals surface area (Å²) in [4.78, 5) is 28.4. The van der Waals surface area contributed by atoms with E-state index >= 15 is 0 Å². The minimum atomic E-state index is -0.310. The van der Waals surface area contributed by atoms with Gasteiger partial charge in [0.1, 0.15) is 11.5 Å². The molecule has 0 radical (unpaired) electrons. The van der Waals surface area contributed by atoms with Gasteiger partial charge in [-0.3, -0.25) is 9.69 Å². The summed E-state index contributed by atoms with van der Waals surface area (Å²) >= 11 is 0. The van der Waals surface area contributed by atoms with E-state index in [0.717, 1.165) is 36.7 Å². The Balaban J connectivity index is 1.31. The van der Waals surface area contributed by atoms with Crippen LogP contribution < -0.4 is 10.1 Å². The quantitative estimate of drug-likeness (QED) is 0.688. The van der Waals surface area contributed by atoms with Crippen molar-refractivity contribution in [1.29, 1.82) is 0 Å². The topological polar surface area (TPSA) is 79.7 Å². The molecule has 8 heteroatoms. The zero-order chi connectivity index (χ0) is 21.6. The number of benzene rings is 2. The summed E-state index contributed by atoms with van der Waals surface area (Å²) < 4.78 is 7.15. The molecule has 1 aliphatic heterocycles. The summed E-state index contributed by atoms with van der Waals surface area (Å²) in [5.41, 5.74) is 1.39. The molecular formula is C23H25N5O3. The van der Waals surface area contributed by atoms with Crippen LogP contribution in [0, 0.1) is 0 Å². The lowest BCUT2D eigenvalue weighted by atomic mass is 10.2. The van der Waals surface area contributed by atoms with Gasteiger partial charge in [0, 0.05) is 46.0 Å². The molecule has 2 amide bonds. The van der Waals surface area contributed by atoms with Crippen molar-refractivity contribution in [2.24, 2.45) is 0 Å². The smallest absolute Gasteiger partial charge is 0.344 e. The van der Waals surface area contributed by atoms with Crippen LogP contribution in [-0.2, 0) is 6.54 Å². The molecule has 4 rings (SSSR count). The number of hydrogen-bond acceptors (Lipinski definition) is 5. The second kappa shape index (κ2) is 9.44. The molecule has 1 saturated heterocycles. The van der Waals surface area contributed by atoms with Crippen LogP contribution in [0.5, 0.6) is 11.5 Å². The molecule has 1 aliphatic rings. The lowest BCUT2D eigenvalue weighted by Crippen LogP contribution is -2.49. The summed E-state index contributed by atoms with van der Waals surface area (Å²) in [6.45, 7) is 3.52. The molecule has 0 spiro atoms. The summed E-state index contributed by atoms with van der Waals surface area (Å²) in [6.07, 6.45) is 1.53. The maximum atomic E-state index is 12.7. The predicted octanol–water partition coefficient (Wildman–Crippen LogP) is 2.82. The SMILES string of the molecule is CNC(=O)c1ccn(C(=O)N2CCN(Cc3cccc(Oc4ccccc4)c3)CC2)n1. The van der Waals surface area contributed by atoms with Crippen molar-refractivity contribution >= 4 is 11.9 Å². The van der Waals surface area contributed by atoms with Gasteiger partial charge in [0.15, 0.2) is 5.69 Å². The maximum absolute atomic E-state index is 12.7. The van der Waals surface area contributed by atoms with Gasteiger partial charge in [0.2, 0.25) is 0 Å². The van der Waals surface area contributed by atoms with Crippen LogP contribution in [-0.4, -0.2) is 64.7 Å². The Labute approximate surface area is 181 Å². The van der Waals surface area contributed by atoms with Gasteiger partial charge in [0.05, 0.1) is 0 Å². The minimum Gasteiger partial charge on any atom is -0.457 e. The van der Waals surface area contributed by atoms with E-state index in [2.05, 4.69) is 27.4 Å². The van der Waals surface area contributed by atoms with Crippen LogP contribution in [0.25, 0.3) is 0 Å². The van der Waals surface area contributed by atoms with Gasteiger partial charge >= 0.3 is 6.03 Å². The van der Waals surface area contributed by atoms with Crippen molar-refractivity contribution in [3.63, 3.8) is 0 Å². The first-order valence-corrected chi connectivity index (χ1v) is 10.2. The third kappa shape index (κ3) is 5.10. The third-order valence-corrected chi connectivity index (χ3v) is 5.17. The van der Waals surface area contributed by atoms with Gasteiger partial charge in [0.25, 0.3) is 5.91 Å². The lowest BCUT2D eigenvalue weighted by Gasteiger charge is -2.34. The number of aromatic nitrogens is 2. The number of amides is 2. The van der Waals surface area contributed by atoms with Crippen LogP contribution in [0.4, 0.5) is 4.79 Å². The Morgan fingerprint density at radius 3 is 2.45 bits per heavy atom. The van der Waals surface area contributed by atoms with E-state index in [1.165, 1.54) is 24.0 Å². The number of ether oxygens (including phenoxy) is 1. The lowest BCUT2D eigenvalue weighted by molar-refractivity contribution is 0.0957. The van der Waals surface area contributed by atoms with Gasteiger partial charge in [-0.1, -0.05) is 30.3 Å². The number of hydrogen-bond donors (Lipinski definition) is 1. The monoisotopic (exact) mass is 419 g/mol. The molecule has 0 saturated carbocycles. The van der Waals surface area contributed by atoms with E-state index in [1.54, 1.807) is 4.90 Å². The number of carbonyl (C=O) groups is 2. The summed E-state index contributed by atoms with van der Waals surface area (Å²) in [6, 6.07) is 19.1. The minimum absolute atomic E-state index is 0.215. The molecule has 3 aromatic rings. The molecule has 8 nitrogen and oxygen atoms in total. The molecule has 0 atom stereocenters. The maximum Gasteiger partial charge on any atom is 0.344 e. The van der Waals surface area contributed by atoms with Gasteiger partial charge < -0.3 is 15.0 Å². The van der Waals surface area contributed by atoms with Crippen molar-refractivity contribution in [3.05, 3.63) is 78.1 Å². The van der Waals surface area contributed by atoms with Crippen LogP contribution in [0.2, 0.25) is 0 Å². The van der Waals surface area contributed by atoms with E-state index in [9.17, 15) is 9.59 Å². The molecular weight excluding hydrogens is 394 g/mol. The van der Waals surface area contributed by atoms with Gasteiger partial charge in [-0.15, -0.1) is 0 Å². The summed E-state index contributed by atoms with van der Waals surface area (Å²) in [5.74, 6) is 1.31. The standard InChI is InChI=1S/C23H25N5O3/c1-24-22(29)21-10-11-28(25-21)23(30)27-14-12-26(13-15-27)17-18-6-5-9-20(16-18)31-19-7-3-2-4-8-19/h2-11,16H,12-15,17H2,1H3,(H,24,29). The summed E-state index contributed by atoms with van der Waals surface area (Å²) in [7, 11) is 1.53. The average molecular weight is 419 g/mol. The van der Waals surface area contributed by atoms with E-state index in [0.29, 0.717) is 13.1 Å². The Bertz CT molecular complexity index is 1040. The number of piperazine rings is 1. The zero-order valence-electron chi connectivity index (χ0n) is 17.4. The number of carbonyl (C=O) groups excluding carboxylic acids is 2. The number of rotatable bonds is 5. The van der Waals surface area contributed by atoms with Crippen molar-refractivity contribution in [2.75, 3.05) is 33.2 Å². The Hall–Kier alpha value is -3.65. The Morgan fingerprint density at radius 1 is 0.968 bits per heavy atom. The Morgan fingerprint density at radius 2 is 1.71 bits per heavy atom. The largest absolute Gasteiger partial charge is 0.457 e. The van der Waals surface area contributed by atoms with Gasteiger partial charge in [-0.2, -0.15) is 9.78 Å². The highest BCUT2D eigenvalue weighted by molar-refractivity contribution is 5.92. The van der Waals surface area contributed by atoms with Gasteiger partial charge in [-0.25, -0.2) is 4.79 Å². The Kier molecular flexibility index (Phi) is 6.28. The highest BCUT2D eigenvalue weighted by Crippen LogP contribution is 2.22. The molecule has 0 aliphatic carbocycles. The van der Waals surface area contributed by atoms with Crippen molar-refractivity contribution in [3.8, 4) is 11.5 Å². The third-order valence-electron chi connectivity index (χ3n) is 5.17. The van der Waals surface area contributed by atoms with Crippen LogP contribution in [0.15, 0.2) is 66.9 Å². The fourth-order valence-electron chi connectivity index (χ4n) is 3.51. The van der Waals surface area contributed by atoms with Crippen molar-refractivity contribution in [1.82, 2.24) is 24.9 Å². The first-order chi connectivity index (χ1) is 15.1. The average Bonchev–Trinajstić information content (AvgIpc) is 3.30. The highest BCUT2D eigenvalue weighted by atomic mass is 16.5. The fraction of sp³-hybridized carbons (Fsp3) is 0.261. The van der Waals surface area contributed by atoms with Crippen LogP contribution >= 0.6 is 0 Å². The number of nitrogens with zero attached hydrogens (tertiary/aromatic N) is 4. The molecule has 1 N–H and O–H groups in total. The molecule has 31 heavy (non-hydrogen) atoms. The van der Waals surface area contributed by atoms with Crippen LogP contribution in [0.1, 0.15) is 16.1 Å². The summed E-state index contributed by atoms with van der Waals surface area (Å²) in [5, 5.41) is 6.58. The van der Waals surface area contributed by atoms with E-state index in [1.807, 2.05) is 42.5 Å². The van der Waals surface area contributed by atoms with E-state index in [-0.39, 0.29) is 17.6 Å². The first-order valence-electron chi connectivity index (χ1n) is 10.2.